The van der Waals surface area contributed by atoms with E-state index < -0.39 is 15.4 Å². The summed E-state index contributed by atoms with van der Waals surface area (Å²) < 4.78 is 36.6. The summed E-state index contributed by atoms with van der Waals surface area (Å²) in [4.78, 5) is 19.4. The number of sulfonamides is 1. The minimum Gasteiger partial charge on any atom is -0.464 e. The fourth-order valence-electron chi connectivity index (χ4n) is 4.49. The molecule has 0 atom stereocenters. The van der Waals surface area contributed by atoms with Crippen molar-refractivity contribution >= 4 is 26.9 Å². The van der Waals surface area contributed by atoms with Gasteiger partial charge in [-0.2, -0.15) is 4.31 Å². The summed E-state index contributed by atoms with van der Waals surface area (Å²) >= 11 is 0. The summed E-state index contributed by atoms with van der Waals surface area (Å²) in [6.07, 6.45) is 7.19. The molecular formula is C28H42N4O4S. The molecule has 0 aliphatic heterocycles. The van der Waals surface area contributed by atoms with Crippen LogP contribution < -0.4 is 0 Å². The number of carbonyl (C=O) groups excluding carboxylic acids is 1. The second-order valence-electron chi connectivity index (χ2n) is 12.3. The lowest BCUT2D eigenvalue weighted by Crippen LogP contribution is -2.48. The third-order valence-corrected chi connectivity index (χ3v) is 7.91. The van der Waals surface area contributed by atoms with Crippen LogP contribution in [0.25, 0.3) is 11.0 Å². The van der Waals surface area contributed by atoms with Crippen LogP contribution in [-0.4, -0.2) is 59.3 Å². The Morgan fingerprint density at radius 3 is 2.46 bits per heavy atom. The molecule has 1 amide bonds. The molecule has 3 rings (SSSR count). The molecule has 9 heteroatoms. The minimum absolute atomic E-state index is 0.104. The smallest absolute Gasteiger partial charge is 0.243 e. The van der Waals surface area contributed by atoms with Gasteiger partial charge in [0, 0.05) is 56.9 Å². The highest BCUT2D eigenvalue weighted by atomic mass is 32.2. The van der Waals surface area contributed by atoms with E-state index in [-0.39, 0.29) is 29.3 Å². The van der Waals surface area contributed by atoms with E-state index in [1.54, 1.807) is 43.1 Å². The number of hydrogen-bond acceptors (Lipinski definition) is 5. The lowest BCUT2D eigenvalue weighted by Gasteiger charge is -2.38. The van der Waals surface area contributed by atoms with Crippen molar-refractivity contribution in [1.29, 1.82) is 0 Å². The maximum atomic E-state index is 13.9. The average molecular weight is 531 g/mol. The van der Waals surface area contributed by atoms with Crippen LogP contribution in [-0.2, 0) is 21.4 Å². The zero-order chi connectivity index (χ0) is 27.4. The van der Waals surface area contributed by atoms with Crippen molar-refractivity contribution < 1.29 is 17.6 Å². The summed E-state index contributed by atoms with van der Waals surface area (Å²) in [5, 5.41) is 0.741. The molecule has 0 bridgehead atoms. The molecule has 204 valence electrons. The van der Waals surface area contributed by atoms with Crippen LogP contribution in [0, 0.1) is 16.7 Å². The summed E-state index contributed by atoms with van der Waals surface area (Å²) in [7, 11) is -3.81. The highest BCUT2D eigenvalue weighted by Crippen LogP contribution is 2.28. The van der Waals surface area contributed by atoms with Gasteiger partial charge in [0.05, 0.1) is 17.5 Å². The number of furan rings is 1. The van der Waals surface area contributed by atoms with E-state index >= 15 is 0 Å². The fraction of sp³-hybridized carbons (Fsp3) is 0.571. The lowest BCUT2D eigenvalue weighted by atomic mass is 9.89. The first-order valence-corrected chi connectivity index (χ1v) is 14.3. The Morgan fingerprint density at radius 2 is 1.84 bits per heavy atom. The van der Waals surface area contributed by atoms with Crippen molar-refractivity contribution in [3.63, 3.8) is 0 Å². The van der Waals surface area contributed by atoms with Crippen LogP contribution in [0.3, 0.4) is 0 Å². The predicted molar refractivity (Wildman–Crippen MR) is 146 cm³/mol. The molecule has 3 aromatic rings. The number of imidazole rings is 1. The van der Waals surface area contributed by atoms with Crippen LogP contribution in [0.4, 0.5) is 0 Å². The molecule has 0 saturated carbocycles. The van der Waals surface area contributed by atoms with Gasteiger partial charge in [-0.1, -0.05) is 48.5 Å². The molecule has 0 aliphatic carbocycles. The minimum atomic E-state index is -3.81. The average Bonchev–Trinajstić information content (AvgIpc) is 3.45. The van der Waals surface area contributed by atoms with Crippen LogP contribution in [0.15, 0.2) is 58.6 Å². The Bertz CT molecular complexity index is 1270. The Hall–Kier alpha value is -2.65. The van der Waals surface area contributed by atoms with Crippen molar-refractivity contribution in [3.05, 3.63) is 49.2 Å². The summed E-state index contributed by atoms with van der Waals surface area (Å²) in [5.74, 6) is 0.412. The van der Waals surface area contributed by atoms with E-state index in [0.717, 1.165) is 5.39 Å². The van der Waals surface area contributed by atoms with Crippen LogP contribution in [0.1, 0.15) is 54.9 Å². The topological polar surface area (TPSA) is 88.7 Å². The second-order valence-corrected chi connectivity index (χ2v) is 14.3. The molecule has 0 radical (unpaired) electrons. The third-order valence-electron chi connectivity index (χ3n) is 6.07. The highest BCUT2D eigenvalue weighted by molar-refractivity contribution is 7.89. The van der Waals surface area contributed by atoms with Crippen molar-refractivity contribution in [2.45, 2.75) is 66.3 Å². The lowest BCUT2D eigenvalue weighted by molar-refractivity contribution is -0.135. The molecule has 2 heterocycles. The molecule has 1 aromatic carbocycles. The number of amides is 1. The van der Waals surface area contributed by atoms with Crippen molar-refractivity contribution in [2.75, 3.05) is 26.2 Å². The first-order valence-electron chi connectivity index (χ1n) is 12.9. The Balaban J connectivity index is 1.88. The SMILES string of the molecule is CC(C)CN(CC(C)(C)CN(CCn1ccnc1)S(=O)(=O)c1ccc2occc2c1)C(=O)CC(C)(C)C. The zero-order valence-corrected chi connectivity index (χ0v) is 24.1. The molecule has 2 aromatic heterocycles. The van der Waals surface area contributed by atoms with Gasteiger partial charge in [-0.3, -0.25) is 4.79 Å². The predicted octanol–water partition coefficient (Wildman–Crippen LogP) is 5.27. The van der Waals surface area contributed by atoms with E-state index in [1.807, 2.05) is 29.5 Å². The maximum Gasteiger partial charge on any atom is 0.243 e. The van der Waals surface area contributed by atoms with Crippen LogP contribution in [0.2, 0.25) is 0 Å². The number of fused-ring (bicyclic) bond motifs is 1. The standard InChI is InChI=1S/C28H42N4O4S/c1-22(2)18-31(26(33)17-27(3,4)5)19-28(6,7)20-32(14-13-30-12-11-29-21-30)37(34,35)24-8-9-25-23(16-24)10-15-36-25/h8-12,15-16,21-22H,13-14,17-20H2,1-7H3. The largest absolute Gasteiger partial charge is 0.464 e. The molecular weight excluding hydrogens is 488 g/mol. The number of aromatic nitrogens is 2. The highest BCUT2D eigenvalue weighted by Gasteiger charge is 2.34. The van der Waals surface area contributed by atoms with E-state index in [9.17, 15) is 13.2 Å². The van der Waals surface area contributed by atoms with E-state index in [1.165, 1.54) is 4.31 Å². The van der Waals surface area contributed by atoms with Gasteiger partial charge in [0.15, 0.2) is 0 Å². The normalized spacial score (nSPS) is 13.1. The quantitative estimate of drug-likeness (QED) is 0.318. The van der Waals surface area contributed by atoms with E-state index in [2.05, 4.69) is 39.6 Å². The summed E-state index contributed by atoms with van der Waals surface area (Å²) in [5.41, 5.74) is 0.0398. The third kappa shape index (κ3) is 8.17. The van der Waals surface area contributed by atoms with Gasteiger partial charge in [0.1, 0.15) is 5.58 Å². The summed E-state index contributed by atoms with van der Waals surface area (Å²) in [6, 6.07) is 6.70. The van der Waals surface area contributed by atoms with Crippen LogP contribution >= 0.6 is 0 Å². The monoisotopic (exact) mass is 530 g/mol. The maximum absolute atomic E-state index is 13.9. The first kappa shape index (κ1) is 28.9. The molecule has 0 N–H and O–H groups in total. The zero-order valence-electron chi connectivity index (χ0n) is 23.3. The van der Waals surface area contributed by atoms with Gasteiger partial charge >= 0.3 is 0 Å². The van der Waals surface area contributed by atoms with Gasteiger partial charge in [0.2, 0.25) is 15.9 Å². The number of rotatable bonds is 12. The van der Waals surface area contributed by atoms with E-state index in [0.29, 0.717) is 37.6 Å². The molecule has 8 nitrogen and oxygen atoms in total. The molecule has 37 heavy (non-hydrogen) atoms. The van der Waals surface area contributed by atoms with Gasteiger partial charge in [-0.15, -0.1) is 0 Å². The van der Waals surface area contributed by atoms with Crippen LogP contribution in [0.5, 0.6) is 0 Å². The van der Waals surface area contributed by atoms with Crippen molar-refractivity contribution in [2.24, 2.45) is 16.7 Å². The number of carbonyl (C=O) groups is 1. The number of hydrogen-bond donors (Lipinski definition) is 0. The first-order chi connectivity index (χ1) is 17.2. The van der Waals surface area contributed by atoms with Gasteiger partial charge in [0.25, 0.3) is 0 Å². The van der Waals surface area contributed by atoms with Crippen molar-refractivity contribution in [1.82, 2.24) is 18.8 Å². The summed E-state index contributed by atoms with van der Waals surface area (Å²) in [6.45, 7) is 16.6. The second kappa shape index (κ2) is 11.4. The Morgan fingerprint density at radius 1 is 1.11 bits per heavy atom. The number of nitrogens with zero attached hydrogens (tertiary/aromatic N) is 4. The molecule has 0 spiro atoms. The Kier molecular flexibility index (Phi) is 8.90. The molecule has 0 unspecified atom stereocenters. The van der Waals surface area contributed by atoms with Crippen molar-refractivity contribution in [3.8, 4) is 0 Å². The number of benzene rings is 1. The molecule has 0 fully saturated rings. The Labute approximate surface area is 221 Å². The molecule has 0 saturated heterocycles. The van der Waals surface area contributed by atoms with E-state index in [4.69, 9.17) is 4.42 Å². The molecule has 0 aliphatic rings. The van der Waals surface area contributed by atoms with Gasteiger partial charge < -0.3 is 13.9 Å². The van der Waals surface area contributed by atoms with Gasteiger partial charge in [-0.05, 0) is 41.0 Å². The fourth-order valence-corrected chi connectivity index (χ4v) is 6.14. The van der Waals surface area contributed by atoms with Gasteiger partial charge in [-0.25, -0.2) is 13.4 Å².